The van der Waals surface area contributed by atoms with Gasteiger partial charge in [0, 0.05) is 12.7 Å². The fourth-order valence-electron chi connectivity index (χ4n) is 5.34. The number of amides is 1. The van der Waals surface area contributed by atoms with Gasteiger partial charge in [0.05, 0.1) is 23.6 Å². The molecule has 2 saturated heterocycles. The molecular weight excluding hydrogens is 448 g/mol. The summed E-state index contributed by atoms with van der Waals surface area (Å²) in [7, 11) is 0. The van der Waals surface area contributed by atoms with Gasteiger partial charge in [-0.25, -0.2) is 0 Å². The van der Waals surface area contributed by atoms with Crippen LogP contribution in [0.1, 0.15) is 42.7 Å². The van der Waals surface area contributed by atoms with Gasteiger partial charge in [0.1, 0.15) is 18.3 Å². The molecule has 2 aromatic heterocycles. The number of hydrogen-bond acceptors (Lipinski definition) is 8. The van der Waals surface area contributed by atoms with E-state index in [9.17, 15) is 14.4 Å². The van der Waals surface area contributed by atoms with E-state index in [0.717, 1.165) is 19.3 Å². The number of alkyl halides is 1. The molecule has 2 aliphatic heterocycles. The van der Waals surface area contributed by atoms with E-state index in [-0.39, 0.29) is 42.0 Å². The third-order valence-electron chi connectivity index (χ3n) is 6.94. The zero-order chi connectivity index (χ0) is 23.0. The number of likely N-dealkylation sites (tertiary alicyclic amines) is 1. The van der Waals surface area contributed by atoms with Gasteiger partial charge in [-0.3, -0.25) is 19.3 Å². The minimum Gasteiger partial charge on any atom is -0.449 e. The molecule has 1 aliphatic carbocycles. The molecule has 10 heteroatoms. The first kappa shape index (κ1) is 22.2. The van der Waals surface area contributed by atoms with E-state index in [0.29, 0.717) is 30.8 Å². The van der Waals surface area contributed by atoms with Crippen LogP contribution in [0.4, 0.5) is 0 Å². The molecule has 1 N–H and O–H groups in total. The van der Waals surface area contributed by atoms with Gasteiger partial charge in [0.25, 0.3) is 5.91 Å². The largest absolute Gasteiger partial charge is 0.449 e. The van der Waals surface area contributed by atoms with Crippen molar-refractivity contribution in [3.8, 4) is 11.5 Å². The number of ketones is 2. The van der Waals surface area contributed by atoms with Crippen LogP contribution in [0.5, 0.6) is 0 Å². The SMILES string of the molecule is O=C(NCC(=O)C1(N2C[C@H](Cl)[C@H]3OCC(=O)[C@H]32)CCCCC1)c1ccc(-c2cccnn2)o1. The molecule has 0 unspecified atom stereocenters. The van der Waals surface area contributed by atoms with Crippen LogP contribution in [0.25, 0.3) is 11.5 Å². The first-order valence-electron chi connectivity index (χ1n) is 11.2. The van der Waals surface area contributed by atoms with Crippen LogP contribution in [-0.4, -0.2) is 75.3 Å². The number of aromatic nitrogens is 2. The van der Waals surface area contributed by atoms with Gasteiger partial charge >= 0.3 is 0 Å². The lowest BCUT2D eigenvalue weighted by Crippen LogP contribution is -2.61. The van der Waals surface area contributed by atoms with Crippen LogP contribution >= 0.6 is 11.6 Å². The highest BCUT2D eigenvalue weighted by Gasteiger charge is 2.58. The van der Waals surface area contributed by atoms with Crippen molar-refractivity contribution in [2.75, 3.05) is 19.7 Å². The second-order valence-electron chi connectivity index (χ2n) is 8.83. The topological polar surface area (TPSA) is 115 Å². The van der Waals surface area contributed by atoms with E-state index in [1.165, 1.54) is 6.07 Å². The molecule has 2 aromatic rings. The highest BCUT2D eigenvalue weighted by atomic mass is 35.5. The lowest BCUT2D eigenvalue weighted by molar-refractivity contribution is -0.136. The molecule has 5 rings (SSSR count). The Bertz CT molecular complexity index is 1050. The molecule has 0 spiro atoms. The second-order valence-corrected chi connectivity index (χ2v) is 9.39. The van der Waals surface area contributed by atoms with E-state index in [4.69, 9.17) is 20.8 Å². The van der Waals surface area contributed by atoms with E-state index in [2.05, 4.69) is 15.5 Å². The second kappa shape index (κ2) is 8.96. The lowest BCUT2D eigenvalue weighted by atomic mass is 9.76. The Balaban J connectivity index is 1.30. The monoisotopic (exact) mass is 472 g/mol. The smallest absolute Gasteiger partial charge is 0.287 e. The number of furan rings is 1. The van der Waals surface area contributed by atoms with Crippen molar-refractivity contribution in [3.05, 3.63) is 36.2 Å². The molecule has 1 saturated carbocycles. The van der Waals surface area contributed by atoms with Crippen molar-refractivity contribution in [2.45, 2.75) is 55.2 Å². The summed E-state index contributed by atoms with van der Waals surface area (Å²) in [6.07, 6.45) is 5.24. The van der Waals surface area contributed by atoms with Gasteiger partial charge in [-0.2, -0.15) is 5.10 Å². The Morgan fingerprint density at radius 3 is 2.79 bits per heavy atom. The number of hydrogen-bond donors (Lipinski definition) is 1. The maximum absolute atomic E-state index is 13.6. The minimum absolute atomic E-state index is 0.0304. The Morgan fingerprint density at radius 2 is 2.03 bits per heavy atom. The minimum atomic E-state index is -0.824. The Labute approximate surface area is 195 Å². The molecule has 3 atom stereocenters. The summed E-state index contributed by atoms with van der Waals surface area (Å²) in [5.41, 5.74) is -0.313. The summed E-state index contributed by atoms with van der Waals surface area (Å²) >= 11 is 6.50. The summed E-state index contributed by atoms with van der Waals surface area (Å²) in [5.74, 6) is -0.126. The number of fused-ring (bicyclic) bond motifs is 1. The number of Topliss-reactive ketones (excluding diaryl/α,β-unsaturated/α-hetero) is 2. The van der Waals surface area contributed by atoms with Crippen LogP contribution in [0, 0.1) is 0 Å². The van der Waals surface area contributed by atoms with Crippen molar-refractivity contribution in [1.82, 2.24) is 20.4 Å². The van der Waals surface area contributed by atoms with Crippen molar-refractivity contribution >= 4 is 29.1 Å². The van der Waals surface area contributed by atoms with Crippen molar-refractivity contribution in [2.24, 2.45) is 0 Å². The van der Waals surface area contributed by atoms with Crippen LogP contribution in [0.2, 0.25) is 0 Å². The highest BCUT2D eigenvalue weighted by molar-refractivity contribution is 6.22. The first-order valence-corrected chi connectivity index (χ1v) is 11.7. The molecule has 4 heterocycles. The Kier molecular flexibility index (Phi) is 6.03. The number of rotatable bonds is 6. The van der Waals surface area contributed by atoms with Crippen molar-refractivity contribution in [1.29, 1.82) is 0 Å². The third-order valence-corrected chi connectivity index (χ3v) is 7.32. The zero-order valence-corrected chi connectivity index (χ0v) is 18.8. The van der Waals surface area contributed by atoms with Crippen LogP contribution in [-0.2, 0) is 14.3 Å². The number of nitrogens with zero attached hydrogens (tertiary/aromatic N) is 3. The summed E-state index contributed by atoms with van der Waals surface area (Å²) in [6.45, 7) is 0.292. The fraction of sp³-hybridized carbons (Fsp3) is 0.522. The number of carbonyl (C=O) groups excluding carboxylic acids is 3. The van der Waals surface area contributed by atoms with E-state index >= 15 is 0 Å². The predicted molar refractivity (Wildman–Crippen MR) is 118 cm³/mol. The molecular formula is C23H25ClN4O5. The fourth-order valence-corrected chi connectivity index (χ4v) is 5.70. The molecule has 0 radical (unpaired) electrons. The van der Waals surface area contributed by atoms with Gasteiger partial charge in [-0.15, -0.1) is 16.7 Å². The Hall–Kier alpha value is -2.62. The Morgan fingerprint density at radius 1 is 1.21 bits per heavy atom. The van der Waals surface area contributed by atoms with Crippen molar-refractivity contribution < 1.29 is 23.5 Å². The number of carbonyl (C=O) groups is 3. The maximum Gasteiger partial charge on any atom is 0.287 e. The van der Waals surface area contributed by atoms with Gasteiger partial charge < -0.3 is 14.5 Å². The number of nitrogens with one attached hydrogen (secondary N) is 1. The van der Waals surface area contributed by atoms with E-state index in [1.807, 2.05) is 4.90 Å². The first-order chi connectivity index (χ1) is 16.0. The molecule has 33 heavy (non-hydrogen) atoms. The summed E-state index contributed by atoms with van der Waals surface area (Å²) in [5, 5.41) is 10.1. The summed E-state index contributed by atoms with van der Waals surface area (Å²) < 4.78 is 11.2. The quantitative estimate of drug-likeness (QED) is 0.635. The normalized spacial score (nSPS) is 26.8. The van der Waals surface area contributed by atoms with E-state index < -0.39 is 17.5 Å². The van der Waals surface area contributed by atoms with Gasteiger partial charge in [0.2, 0.25) is 0 Å². The molecule has 3 fully saturated rings. The summed E-state index contributed by atoms with van der Waals surface area (Å²) in [4.78, 5) is 40.8. The highest BCUT2D eigenvalue weighted by Crippen LogP contribution is 2.42. The van der Waals surface area contributed by atoms with Crippen molar-refractivity contribution in [3.63, 3.8) is 0 Å². The molecule has 174 valence electrons. The summed E-state index contributed by atoms with van der Waals surface area (Å²) in [6, 6.07) is 6.13. The zero-order valence-electron chi connectivity index (χ0n) is 18.0. The van der Waals surface area contributed by atoms with Crippen LogP contribution < -0.4 is 5.32 Å². The number of ether oxygens (including phenoxy) is 1. The molecule has 3 aliphatic rings. The molecule has 1 amide bonds. The molecule has 0 bridgehead atoms. The average molecular weight is 473 g/mol. The predicted octanol–water partition coefficient (Wildman–Crippen LogP) is 2.00. The van der Waals surface area contributed by atoms with Gasteiger partial charge in [0.15, 0.2) is 23.1 Å². The van der Waals surface area contributed by atoms with E-state index in [1.54, 1.807) is 24.4 Å². The molecule has 0 aromatic carbocycles. The standard InChI is InChI=1S/C23H25ClN4O5/c24-14-12-28(20-16(29)13-32-21(14)20)23(8-2-1-3-9-23)19(30)11-25-22(31)18-7-6-17(33-18)15-5-4-10-26-27-15/h4-7,10,14,20-21H,1-3,8-9,11-13H2,(H,25,31)/t14-,20+,21+/m0/s1. The lowest BCUT2D eigenvalue weighted by Gasteiger charge is -2.45. The number of halogens is 1. The van der Waals surface area contributed by atoms with Gasteiger partial charge in [-0.1, -0.05) is 19.3 Å². The average Bonchev–Trinajstić information content (AvgIpc) is 3.56. The van der Waals surface area contributed by atoms with Crippen LogP contribution in [0.3, 0.4) is 0 Å². The third kappa shape index (κ3) is 3.98. The van der Waals surface area contributed by atoms with Crippen LogP contribution in [0.15, 0.2) is 34.9 Å². The molecule has 9 nitrogen and oxygen atoms in total. The maximum atomic E-state index is 13.6. The van der Waals surface area contributed by atoms with Gasteiger partial charge in [-0.05, 0) is 37.1 Å².